The average Bonchev–Trinajstić information content (AvgIpc) is 2.56. The molecule has 0 bridgehead atoms. The molecule has 1 saturated carbocycles. The number of hydrogen-bond donors (Lipinski definition) is 3. The van der Waals surface area contributed by atoms with Gasteiger partial charge in [0.1, 0.15) is 12.2 Å². The third-order valence-electron chi connectivity index (χ3n) is 4.13. The molecule has 1 aromatic carbocycles. The molecule has 7 heteroatoms. The van der Waals surface area contributed by atoms with Crippen LogP contribution in [0.15, 0.2) is 30.3 Å². The Hall–Kier alpha value is -2.28. The quantitative estimate of drug-likeness (QED) is 0.606. The molecule has 0 unspecified atom stereocenters. The van der Waals surface area contributed by atoms with E-state index in [0.29, 0.717) is 12.6 Å². The van der Waals surface area contributed by atoms with Crippen molar-refractivity contribution in [2.24, 2.45) is 0 Å². The van der Waals surface area contributed by atoms with Crippen LogP contribution in [0, 0.1) is 0 Å². The zero-order chi connectivity index (χ0) is 19.7. The Balaban J connectivity index is 1.46. The molecule has 1 fully saturated rings. The number of carbonyl (C=O) groups excluding carboxylic acids is 2. The summed E-state index contributed by atoms with van der Waals surface area (Å²) in [7, 11) is 0. The predicted molar refractivity (Wildman–Crippen MR) is 103 cm³/mol. The van der Waals surface area contributed by atoms with Gasteiger partial charge in [0.15, 0.2) is 0 Å². The number of nitrogens with one attached hydrogen (secondary N) is 3. The molecule has 0 heterocycles. The van der Waals surface area contributed by atoms with Crippen LogP contribution in [0.1, 0.15) is 45.6 Å². The van der Waals surface area contributed by atoms with Crippen molar-refractivity contribution in [2.45, 2.75) is 64.3 Å². The van der Waals surface area contributed by atoms with Crippen molar-refractivity contribution in [3.8, 4) is 0 Å². The summed E-state index contributed by atoms with van der Waals surface area (Å²) in [5.41, 5.74) is 0.499. The fourth-order valence-electron chi connectivity index (χ4n) is 2.73. The van der Waals surface area contributed by atoms with E-state index in [4.69, 9.17) is 9.47 Å². The van der Waals surface area contributed by atoms with E-state index in [1.807, 2.05) is 51.1 Å². The number of hydrogen-bond acceptors (Lipinski definition) is 5. The Morgan fingerprint density at radius 1 is 1.04 bits per heavy atom. The van der Waals surface area contributed by atoms with Gasteiger partial charge >= 0.3 is 12.2 Å². The molecule has 7 nitrogen and oxygen atoms in total. The molecule has 0 aliphatic heterocycles. The average molecular weight is 377 g/mol. The van der Waals surface area contributed by atoms with Crippen molar-refractivity contribution in [1.82, 2.24) is 16.0 Å². The molecule has 0 spiro atoms. The molecule has 0 saturated heterocycles. The number of carbonyl (C=O) groups is 2. The van der Waals surface area contributed by atoms with Crippen LogP contribution in [0.4, 0.5) is 9.59 Å². The minimum absolute atomic E-state index is 0.158. The number of rotatable bonds is 8. The fourth-order valence-corrected chi connectivity index (χ4v) is 2.73. The zero-order valence-corrected chi connectivity index (χ0v) is 16.4. The van der Waals surface area contributed by atoms with Crippen LogP contribution >= 0.6 is 0 Å². The molecule has 3 N–H and O–H groups in total. The highest BCUT2D eigenvalue weighted by Crippen LogP contribution is 2.20. The highest BCUT2D eigenvalue weighted by molar-refractivity contribution is 5.68. The van der Waals surface area contributed by atoms with Gasteiger partial charge < -0.3 is 25.4 Å². The molecular weight excluding hydrogens is 346 g/mol. The Kier molecular flexibility index (Phi) is 7.91. The van der Waals surface area contributed by atoms with Crippen LogP contribution in [0.5, 0.6) is 0 Å². The Labute approximate surface area is 161 Å². The highest BCUT2D eigenvalue weighted by Gasteiger charge is 2.30. The van der Waals surface area contributed by atoms with Gasteiger partial charge in [-0.25, -0.2) is 9.59 Å². The van der Waals surface area contributed by atoms with Gasteiger partial charge in [0.25, 0.3) is 0 Å². The first kappa shape index (κ1) is 21.0. The van der Waals surface area contributed by atoms with Crippen LogP contribution < -0.4 is 16.0 Å². The first-order chi connectivity index (χ1) is 12.8. The smallest absolute Gasteiger partial charge is 0.407 e. The van der Waals surface area contributed by atoms with Gasteiger partial charge in [0.05, 0.1) is 0 Å². The summed E-state index contributed by atoms with van der Waals surface area (Å²) in [4.78, 5) is 23.3. The summed E-state index contributed by atoms with van der Waals surface area (Å²) in [5.74, 6) is 0. The molecule has 0 aromatic heterocycles. The van der Waals surface area contributed by atoms with E-state index in [9.17, 15) is 9.59 Å². The lowest BCUT2D eigenvalue weighted by molar-refractivity contribution is 0.0527. The molecule has 1 aliphatic carbocycles. The van der Waals surface area contributed by atoms with E-state index in [0.717, 1.165) is 31.4 Å². The number of ether oxygens (including phenoxy) is 2. The van der Waals surface area contributed by atoms with Gasteiger partial charge in [0.2, 0.25) is 0 Å². The van der Waals surface area contributed by atoms with Gasteiger partial charge in [-0.1, -0.05) is 30.3 Å². The Bertz CT molecular complexity index is 595. The lowest BCUT2D eigenvalue weighted by Gasteiger charge is -2.36. The second kappa shape index (κ2) is 10.2. The lowest BCUT2D eigenvalue weighted by Crippen LogP contribution is -2.52. The van der Waals surface area contributed by atoms with Gasteiger partial charge in [-0.05, 0) is 52.1 Å². The summed E-state index contributed by atoms with van der Waals surface area (Å²) in [5, 5.41) is 9.03. The minimum Gasteiger partial charge on any atom is -0.445 e. The van der Waals surface area contributed by atoms with E-state index in [1.165, 1.54) is 0 Å². The number of benzene rings is 1. The maximum absolute atomic E-state index is 11.8. The van der Waals surface area contributed by atoms with Crippen LogP contribution in [0.2, 0.25) is 0 Å². The lowest BCUT2D eigenvalue weighted by atomic mass is 9.87. The van der Waals surface area contributed by atoms with Crippen LogP contribution in [0.25, 0.3) is 0 Å². The molecule has 150 valence electrons. The van der Waals surface area contributed by atoms with Crippen molar-refractivity contribution in [2.75, 3.05) is 13.1 Å². The van der Waals surface area contributed by atoms with Gasteiger partial charge in [-0.3, -0.25) is 0 Å². The Morgan fingerprint density at radius 2 is 1.74 bits per heavy atom. The van der Waals surface area contributed by atoms with E-state index < -0.39 is 5.60 Å². The number of amides is 2. The SMILES string of the molecule is CC(C)(C)OC(=O)NCCCNC1CC(NC(=O)OCc2ccccc2)C1. The summed E-state index contributed by atoms with van der Waals surface area (Å²) >= 11 is 0. The zero-order valence-electron chi connectivity index (χ0n) is 16.4. The second-order valence-corrected chi connectivity index (χ2v) is 7.81. The molecule has 1 aromatic rings. The molecule has 2 amide bonds. The maximum atomic E-state index is 11.8. The summed E-state index contributed by atoms with van der Waals surface area (Å²) in [6.07, 6.45) is 1.85. The van der Waals surface area contributed by atoms with E-state index in [1.54, 1.807) is 0 Å². The normalized spacial score (nSPS) is 18.9. The molecule has 27 heavy (non-hydrogen) atoms. The van der Waals surface area contributed by atoms with E-state index in [-0.39, 0.29) is 24.8 Å². The molecule has 0 radical (unpaired) electrons. The van der Waals surface area contributed by atoms with Gasteiger partial charge in [-0.2, -0.15) is 0 Å². The number of alkyl carbamates (subject to hydrolysis) is 2. The third kappa shape index (κ3) is 8.77. The van der Waals surface area contributed by atoms with Gasteiger partial charge in [-0.15, -0.1) is 0 Å². The maximum Gasteiger partial charge on any atom is 0.407 e. The van der Waals surface area contributed by atoms with Crippen LogP contribution in [-0.4, -0.2) is 43.0 Å². The fraction of sp³-hybridized carbons (Fsp3) is 0.600. The first-order valence-corrected chi connectivity index (χ1v) is 9.49. The first-order valence-electron chi connectivity index (χ1n) is 9.49. The summed E-state index contributed by atoms with van der Waals surface area (Å²) < 4.78 is 10.4. The summed E-state index contributed by atoms with van der Waals surface area (Å²) in [6.45, 7) is 7.19. The van der Waals surface area contributed by atoms with E-state index >= 15 is 0 Å². The molecule has 2 rings (SSSR count). The van der Waals surface area contributed by atoms with Gasteiger partial charge in [0, 0.05) is 18.6 Å². The topological polar surface area (TPSA) is 88.7 Å². The van der Waals surface area contributed by atoms with Crippen LogP contribution in [0.3, 0.4) is 0 Å². The largest absolute Gasteiger partial charge is 0.445 e. The minimum atomic E-state index is -0.474. The van der Waals surface area contributed by atoms with Crippen molar-refractivity contribution in [1.29, 1.82) is 0 Å². The summed E-state index contributed by atoms with van der Waals surface area (Å²) in [6, 6.07) is 10.2. The standard InChI is InChI=1S/C20H31N3O4/c1-20(2,3)27-18(24)22-11-7-10-21-16-12-17(13-16)23-19(25)26-14-15-8-5-4-6-9-15/h4-6,8-9,16-17,21H,7,10-14H2,1-3H3,(H,22,24)(H,23,25). The Morgan fingerprint density at radius 3 is 2.41 bits per heavy atom. The third-order valence-corrected chi connectivity index (χ3v) is 4.13. The van der Waals surface area contributed by atoms with E-state index in [2.05, 4.69) is 16.0 Å². The van der Waals surface area contributed by atoms with Crippen molar-refractivity contribution in [3.63, 3.8) is 0 Å². The molecule has 0 atom stereocenters. The molecular formula is C20H31N3O4. The monoisotopic (exact) mass is 377 g/mol. The second-order valence-electron chi connectivity index (χ2n) is 7.81. The van der Waals surface area contributed by atoms with Crippen molar-refractivity contribution < 1.29 is 19.1 Å². The molecule has 1 aliphatic rings. The highest BCUT2D eigenvalue weighted by atomic mass is 16.6. The predicted octanol–water partition coefficient (Wildman–Crippen LogP) is 2.95. The van der Waals surface area contributed by atoms with Crippen LogP contribution in [-0.2, 0) is 16.1 Å². The van der Waals surface area contributed by atoms with Crippen molar-refractivity contribution >= 4 is 12.2 Å². The van der Waals surface area contributed by atoms with Crippen molar-refractivity contribution in [3.05, 3.63) is 35.9 Å².